The van der Waals surface area contributed by atoms with Crippen LogP contribution in [0.15, 0.2) is 12.1 Å². The van der Waals surface area contributed by atoms with Crippen LogP contribution < -0.4 is 15.5 Å². The third-order valence-corrected chi connectivity index (χ3v) is 3.99. The lowest BCUT2D eigenvalue weighted by Gasteiger charge is -2.36. The van der Waals surface area contributed by atoms with Crippen LogP contribution in [-0.4, -0.2) is 17.3 Å². The highest BCUT2D eigenvalue weighted by Gasteiger charge is 2.36. The molecule has 0 saturated carbocycles. The number of nitrogens with zero attached hydrogens (tertiary/aromatic N) is 1. The van der Waals surface area contributed by atoms with Crippen molar-refractivity contribution in [1.82, 2.24) is 5.32 Å². The summed E-state index contributed by atoms with van der Waals surface area (Å²) < 4.78 is 0. The van der Waals surface area contributed by atoms with Crippen LogP contribution in [0, 0.1) is 13.8 Å². The molecule has 2 aliphatic rings. The van der Waals surface area contributed by atoms with Gasteiger partial charge in [0.2, 0.25) is 0 Å². The SMILES string of the molecule is Cc1cc2c(cc1C)N1C(=S)NC(C)CC1N2. The Morgan fingerprint density at radius 1 is 1.24 bits per heavy atom. The van der Waals surface area contributed by atoms with E-state index < -0.39 is 0 Å². The molecule has 3 rings (SSSR count). The quantitative estimate of drug-likeness (QED) is 0.689. The predicted octanol–water partition coefficient (Wildman–Crippen LogP) is 2.53. The molecule has 1 saturated heterocycles. The fourth-order valence-corrected chi connectivity index (χ4v) is 3.04. The van der Waals surface area contributed by atoms with Crippen LogP contribution in [0.2, 0.25) is 0 Å². The van der Waals surface area contributed by atoms with Crippen molar-refractivity contribution >= 4 is 28.7 Å². The van der Waals surface area contributed by atoms with Gasteiger partial charge in [0.25, 0.3) is 0 Å². The maximum atomic E-state index is 5.45. The summed E-state index contributed by atoms with van der Waals surface area (Å²) >= 11 is 5.45. The number of anilines is 2. The van der Waals surface area contributed by atoms with Gasteiger partial charge in [-0.3, -0.25) is 4.90 Å². The van der Waals surface area contributed by atoms with Gasteiger partial charge in [-0.2, -0.15) is 0 Å². The third-order valence-electron chi connectivity index (χ3n) is 3.67. The first kappa shape index (κ1) is 10.8. The average molecular weight is 247 g/mol. The number of hydrogen-bond acceptors (Lipinski definition) is 2. The van der Waals surface area contributed by atoms with Gasteiger partial charge in [0.15, 0.2) is 5.11 Å². The fraction of sp³-hybridized carbons (Fsp3) is 0.462. The second-order valence-electron chi connectivity index (χ2n) is 5.07. The van der Waals surface area contributed by atoms with Crippen molar-refractivity contribution in [2.45, 2.75) is 39.4 Å². The Labute approximate surface area is 107 Å². The van der Waals surface area contributed by atoms with Crippen LogP contribution in [0.1, 0.15) is 24.5 Å². The smallest absolute Gasteiger partial charge is 0.175 e. The van der Waals surface area contributed by atoms with E-state index in [9.17, 15) is 0 Å². The van der Waals surface area contributed by atoms with Crippen molar-refractivity contribution in [1.29, 1.82) is 0 Å². The topological polar surface area (TPSA) is 27.3 Å². The third kappa shape index (κ3) is 1.59. The van der Waals surface area contributed by atoms with E-state index in [1.54, 1.807) is 0 Å². The highest BCUT2D eigenvalue weighted by atomic mass is 32.1. The number of rotatable bonds is 0. The van der Waals surface area contributed by atoms with E-state index >= 15 is 0 Å². The van der Waals surface area contributed by atoms with Crippen LogP contribution in [0.3, 0.4) is 0 Å². The summed E-state index contributed by atoms with van der Waals surface area (Å²) in [6, 6.07) is 4.88. The van der Waals surface area contributed by atoms with E-state index in [2.05, 4.69) is 48.4 Å². The maximum absolute atomic E-state index is 5.45. The number of benzene rings is 1. The van der Waals surface area contributed by atoms with E-state index in [1.165, 1.54) is 22.5 Å². The molecule has 1 aromatic carbocycles. The van der Waals surface area contributed by atoms with Gasteiger partial charge >= 0.3 is 0 Å². The zero-order valence-electron chi connectivity index (χ0n) is 10.4. The average Bonchev–Trinajstić information content (AvgIpc) is 2.56. The monoisotopic (exact) mass is 247 g/mol. The summed E-state index contributed by atoms with van der Waals surface area (Å²) in [5.74, 6) is 0. The minimum absolute atomic E-state index is 0.315. The largest absolute Gasteiger partial charge is 0.363 e. The summed E-state index contributed by atoms with van der Waals surface area (Å²) in [5.41, 5.74) is 5.05. The van der Waals surface area contributed by atoms with Crippen LogP contribution in [0.5, 0.6) is 0 Å². The molecule has 4 heteroatoms. The van der Waals surface area contributed by atoms with Crippen molar-refractivity contribution in [2.75, 3.05) is 10.2 Å². The molecule has 0 radical (unpaired) electrons. The highest BCUT2D eigenvalue weighted by Crippen LogP contribution is 2.39. The highest BCUT2D eigenvalue weighted by molar-refractivity contribution is 7.80. The standard InChI is InChI=1S/C13H17N3S/c1-7-4-10-11(5-8(7)2)16-12(15-10)6-9(3)14-13(16)17/h4-5,9,12,15H,6H2,1-3H3,(H,14,17). The Balaban J connectivity index is 2.06. The van der Waals surface area contributed by atoms with E-state index in [4.69, 9.17) is 12.2 Å². The van der Waals surface area contributed by atoms with E-state index in [1.807, 2.05) is 0 Å². The molecular weight excluding hydrogens is 230 g/mol. The molecule has 0 aromatic heterocycles. The number of thiocarbonyl (C=S) groups is 1. The Hall–Kier alpha value is -1.29. The molecule has 2 aliphatic heterocycles. The molecule has 2 heterocycles. The van der Waals surface area contributed by atoms with Crippen LogP contribution in [0.25, 0.3) is 0 Å². The normalized spacial score (nSPS) is 26.1. The van der Waals surface area contributed by atoms with Crippen molar-refractivity contribution in [2.24, 2.45) is 0 Å². The minimum Gasteiger partial charge on any atom is -0.363 e. The summed E-state index contributed by atoms with van der Waals surface area (Å²) in [6.45, 7) is 6.46. The first-order valence-electron chi connectivity index (χ1n) is 6.04. The first-order valence-corrected chi connectivity index (χ1v) is 6.44. The van der Waals surface area contributed by atoms with Gasteiger partial charge in [0, 0.05) is 12.5 Å². The molecular formula is C13H17N3S. The lowest BCUT2D eigenvalue weighted by Crippen LogP contribution is -2.56. The second-order valence-corrected chi connectivity index (χ2v) is 5.46. The van der Waals surface area contributed by atoms with Crippen LogP contribution >= 0.6 is 12.2 Å². The summed E-state index contributed by atoms with van der Waals surface area (Å²) in [7, 11) is 0. The Morgan fingerprint density at radius 2 is 1.94 bits per heavy atom. The minimum atomic E-state index is 0.315. The Kier molecular flexibility index (Phi) is 2.30. The zero-order chi connectivity index (χ0) is 12.2. The van der Waals surface area contributed by atoms with Crippen molar-refractivity contribution in [3.63, 3.8) is 0 Å². The van der Waals surface area contributed by atoms with Crippen LogP contribution in [-0.2, 0) is 0 Å². The number of aryl methyl sites for hydroxylation is 2. The van der Waals surface area contributed by atoms with Crippen molar-refractivity contribution in [3.8, 4) is 0 Å². The molecule has 1 fully saturated rings. The molecule has 3 nitrogen and oxygen atoms in total. The number of hydrogen-bond donors (Lipinski definition) is 2. The predicted molar refractivity (Wildman–Crippen MR) is 75.6 cm³/mol. The fourth-order valence-electron chi connectivity index (χ4n) is 2.62. The number of nitrogens with one attached hydrogen (secondary N) is 2. The molecule has 17 heavy (non-hydrogen) atoms. The lowest BCUT2D eigenvalue weighted by molar-refractivity contribution is 0.517. The molecule has 2 unspecified atom stereocenters. The van der Waals surface area contributed by atoms with Gasteiger partial charge < -0.3 is 10.6 Å². The Bertz CT molecular complexity index is 498. The van der Waals surface area contributed by atoms with Crippen molar-refractivity contribution < 1.29 is 0 Å². The summed E-state index contributed by atoms with van der Waals surface area (Å²) in [6.07, 6.45) is 1.38. The molecule has 0 bridgehead atoms. The molecule has 90 valence electrons. The molecule has 0 aliphatic carbocycles. The van der Waals surface area contributed by atoms with Gasteiger partial charge in [0.1, 0.15) is 6.17 Å². The van der Waals surface area contributed by atoms with Gasteiger partial charge in [0.05, 0.1) is 11.4 Å². The maximum Gasteiger partial charge on any atom is 0.175 e. The summed E-state index contributed by atoms with van der Waals surface area (Å²) in [5, 5.41) is 7.74. The van der Waals surface area contributed by atoms with Crippen molar-refractivity contribution in [3.05, 3.63) is 23.3 Å². The van der Waals surface area contributed by atoms with Gasteiger partial charge in [-0.1, -0.05) is 0 Å². The van der Waals surface area contributed by atoms with E-state index in [0.717, 1.165) is 11.5 Å². The van der Waals surface area contributed by atoms with Gasteiger partial charge in [-0.25, -0.2) is 0 Å². The van der Waals surface area contributed by atoms with Crippen LogP contribution in [0.4, 0.5) is 11.4 Å². The number of fused-ring (bicyclic) bond motifs is 3. The van der Waals surface area contributed by atoms with Gasteiger partial charge in [-0.15, -0.1) is 0 Å². The zero-order valence-corrected chi connectivity index (χ0v) is 11.2. The lowest BCUT2D eigenvalue weighted by atomic mass is 10.1. The van der Waals surface area contributed by atoms with E-state index in [-0.39, 0.29) is 0 Å². The molecule has 1 aromatic rings. The van der Waals surface area contributed by atoms with Gasteiger partial charge in [-0.05, 0) is 56.2 Å². The second kappa shape index (κ2) is 3.60. The Morgan fingerprint density at radius 3 is 2.71 bits per heavy atom. The molecule has 0 amide bonds. The molecule has 2 atom stereocenters. The summed E-state index contributed by atoms with van der Waals surface area (Å²) in [4.78, 5) is 2.21. The molecule has 2 N–H and O–H groups in total. The molecule has 0 spiro atoms. The first-order chi connectivity index (χ1) is 8.06. The van der Waals surface area contributed by atoms with E-state index in [0.29, 0.717) is 12.2 Å².